The highest BCUT2D eigenvalue weighted by Crippen LogP contribution is 2.38. The number of nitrogens with one attached hydrogen (secondary N) is 2. The van der Waals surface area contributed by atoms with Gasteiger partial charge in [-0.15, -0.1) is 0 Å². The van der Waals surface area contributed by atoms with Crippen LogP contribution in [0.5, 0.6) is 0 Å². The molecule has 2 N–H and O–H groups in total. The molecule has 4 unspecified atom stereocenters. The molecular weight excluding hydrogens is 552 g/mol. The van der Waals surface area contributed by atoms with E-state index in [4.69, 9.17) is 4.74 Å². The lowest BCUT2D eigenvalue weighted by atomic mass is 9.81. The number of carbonyl (C=O) groups is 6. The molecule has 6 amide bonds. The SMILES string of the molecule is O=C1CCC(N2CC3C(=CC=CC3CCCOCCCc3cccc4c3CN(C3CCC(=O)NC3=O)C4=O)C2=O)C(=O)N1. The number of piperidine rings is 2. The van der Waals surface area contributed by atoms with Crippen LogP contribution in [0.4, 0.5) is 0 Å². The first kappa shape index (κ1) is 29.0. The van der Waals surface area contributed by atoms with Crippen LogP contribution in [-0.4, -0.2) is 77.1 Å². The molecule has 0 radical (unpaired) electrons. The highest BCUT2D eigenvalue weighted by Gasteiger charge is 2.45. The van der Waals surface area contributed by atoms with Crippen molar-refractivity contribution >= 4 is 35.4 Å². The lowest BCUT2D eigenvalue weighted by Crippen LogP contribution is -2.53. The van der Waals surface area contributed by atoms with Gasteiger partial charge in [0, 0.05) is 56.2 Å². The van der Waals surface area contributed by atoms with Crippen LogP contribution >= 0.6 is 0 Å². The van der Waals surface area contributed by atoms with Crippen molar-refractivity contribution in [1.82, 2.24) is 20.4 Å². The van der Waals surface area contributed by atoms with Crippen molar-refractivity contribution in [2.24, 2.45) is 11.8 Å². The molecule has 3 saturated heterocycles. The van der Waals surface area contributed by atoms with Gasteiger partial charge in [-0.1, -0.05) is 30.4 Å². The van der Waals surface area contributed by atoms with Gasteiger partial charge in [-0.05, 0) is 61.6 Å². The van der Waals surface area contributed by atoms with Gasteiger partial charge in [0.15, 0.2) is 0 Å². The summed E-state index contributed by atoms with van der Waals surface area (Å²) in [5, 5.41) is 4.70. The quantitative estimate of drug-likeness (QED) is 0.312. The number of nitrogens with zero attached hydrogens (tertiary/aromatic N) is 2. The summed E-state index contributed by atoms with van der Waals surface area (Å²) in [6.45, 7) is 2.02. The summed E-state index contributed by atoms with van der Waals surface area (Å²) in [5.41, 5.74) is 3.38. The number of amides is 6. The Kier molecular flexibility index (Phi) is 8.25. The van der Waals surface area contributed by atoms with Crippen molar-refractivity contribution < 1.29 is 33.5 Å². The molecular formula is C32H36N4O7. The average Bonchev–Trinajstić information content (AvgIpc) is 3.50. The number of benzene rings is 1. The van der Waals surface area contributed by atoms with E-state index in [0.717, 1.165) is 42.4 Å². The molecule has 0 aromatic heterocycles. The summed E-state index contributed by atoms with van der Waals surface area (Å²) >= 11 is 0. The molecule has 0 spiro atoms. The maximum atomic E-state index is 13.1. The number of hydrogen-bond acceptors (Lipinski definition) is 7. The van der Waals surface area contributed by atoms with Crippen molar-refractivity contribution in [3.63, 3.8) is 0 Å². The minimum absolute atomic E-state index is 0.0329. The number of ether oxygens (including phenoxy) is 1. The van der Waals surface area contributed by atoms with Gasteiger partial charge in [0.25, 0.3) is 11.8 Å². The minimum Gasteiger partial charge on any atom is -0.381 e. The zero-order valence-corrected chi connectivity index (χ0v) is 24.0. The minimum atomic E-state index is -0.623. The van der Waals surface area contributed by atoms with E-state index < -0.39 is 18.0 Å². The Balaban J connectivity index is 0.943. The van der Waals surface area contributed by atoms with Crippen molar-refractivity contribution in [3.05, 3.63) is 58.7 Å². The third kappa shape index (κ3) is 5.78. The van der Waals surface area contributed by atoms with Gasteiger partial charge >= 0.3 is 0 Å². The van der Waals surface area contributed by atoms with E-state index in [-0.39, 0.29) is 54.2 Å². The lowest BCUT2D eigenvalue weighted by Gasteiger charge is -2.30. The molecule has 0 bridgehead atoms. The van der Waals surface area contributed by atoms with Crippen molar-refractivity contribution in [2.45, 2.75) is 70.0 Å². The van der Waals surface area contributed by atoms with Crippen LogP contribution in [0.2, 0.25) is 0 Å². The Morgan fingerprint density at radius 2 is 1.53 bits per heavy atom. The fraction of sp³-hybridized carbons (Fsp3) is 0.500. The second-order valence-electron chi connectivity index (χ2n) is 11.9. The summed E-state index contributed by atoms with van der Waals surface area (Å²) in [6.07, 6.45) is 10.3. The molecule has 1 aliphatic carbocycles. The number of aryl methyl sites for hydroxylation is 1. The molecule has 11 nitrogen and oxygen atoms in total. The van der Waals surface area contributed by atoms with Crippen LogP contribution in [0, 0.1) is 11.8 Å². The molecule has 226 valence electrons. The van der Waals surface area contributed by atoms with E-state index in [0.29, 0.717) is 44.7 Å². The normalized spacial score (nSPS) is 26.8. The van der Waals surface area contributed by atoms with E-state index >= 15 is 0 Å². The molecule has 6 rings (SSSR count). The second-order valence-corrected chi connectivity index (χ2v) is 11.9. The fourth-order valence-electron chi connectivity index (χ4n) is 7.03. The summed E-state index contributed by atoms with van der Waals surface area (Å²) < 4.78 is 5.94. The Bertz CT molecular complexity index is 1430. The Labute approximate surface area is 249 Å². The predicted molar refractivity (Wildman–Crippen MR) is 153 cm³/mol. The number of carbonyl (C=O) groups excluding carboxylic acids is 6. The van der Waals surface area contributed by atoms with Crippen molar-refractivity contribution in [1.29, 1.82) is 0 Å². The second kappa shape index (κ2) is 12.2. The lowest BCUT2D eigenvalue weighted by molar-refractivity contribution is -0.142. The van der Waals surface area contributed by atoms with Gasteiger partial charge in [-0.2, -0.15) is 0 Å². The van der Waals surface area contributed by atoms with Crippen LogP contribution in [0.1, 0.15) is 66.4 Å². The van der Waals surface area contributed by atoms with Gasteiger partial charge in [0.05, 0.1) is 0 Å². The zero-order valence-electron chi connectivity index (χ0n) is 24.0. The molecule has 0 saturated carbocycles. The average molecular weight is 589 g/mol. The van der Waals surface area contributed by atoms with Gasteiger partial charge in [-0.25, -0.2) is 0 Å². The monoisotopic (exact) mass is 588 g/mol. The van der Waals surface area contributed by atoms with Crippen LogP contribution in [0.25, 0.3) is 0 Å². The first-order chi connectivity index (χ1) is 20.8. The summed E-state index contributed by atoms with van der Waals surface area (Å²) in [7, 11) is 0. The molecule has 4 aliphatic heterocycles. The van der Waals surface area contributed by atoms with E-state index in [9.17, 15) is 28.8 Å². The number of rotatable bonds is 10. The molecule has 5 aliphatic rings. The van der Waals surface area contributed by atoms with Crippen LogP contribution in [0.3, 0.4) is 0 Å². The number of fused-ring (bicyclic) bond motifs is 2. The van der Waals surface area contributed by atoms with Crippen LogP contribution < -0.4 is 10.6 Å². The molecule has 1 aromatic rings. The highest BCUT2D eigenvalue weighted by molar-refractivity contribution is 6.06. The standard InChI is InChI=1S/C32H36N4O7/c37-27-13-11-25(29(39)33-27)35-17-23-19(5-1-9-21(23)31(35)41)7-3-15-43-16-4-8-20-6-2-10-22-24(20)18-36(32(22)42)26-12-14-28(38)34-30(26)40/h1-2,5-6,9-10,19,23,25-26H,3-4,7-8,11-18H2,(H,33,37,39)(H,34,38,40). The van der Waals surface area contributed by atoms with Crippen molar-refractivity contribution in [3.8, 4) is 0 Å². The fourth-order valence-corrected chi connectivity index (χ4v) is 7.03. The molecule has 4 heterocycles. The number of allylic oxidation sites excluding steroid dienone is 3. The largest absolute Gasteiger partial charge is 0.381 e. The van der Waals surface area contributed by atoms with Crippen molar-refractivity contribution in [2.75, 3.05) is 19.8 Å². The highest BCUT2D eigenvalue weighted by atomic mass is 16.5. The number of hydrogen-bond donors (Lipinski definition) is 2. The molecule has 43 heavy (non-hydrogen) atoms. The predicted octanol–water partition coefficient (Wildman–Crippen LogP) is 1.55. The van der Waals surface area contributed by atoms with Gasteiger partial charge in [0.1, 0.15) is 12.1 Å². The number of imide groups is 2. The van der Waals surface area contributed by atoms with Crippen LogP contribution in [0.15, 0.2) is 42.0 Å². The maximum absolute atomic E-state index is 13.1. The molecule has 4 atom stereocenters. The summed E-state index contributed by atoms with van der Waals surface area (Å²) in [6, 6.07) is 4.47. The zero-order chi connectivity index (χ0) is 30.1. The Morgan fingerprint density at radius 1 is 0.837 bits per heavy atom. The Hall–Kier alpha value is -4.12. The third-order valence-electron chi connectivity index (χ3n) is 9.28. The van der Waals surface area contributed by atoms with E-state index in [1.807, 2.05) is 24.3 Å². The number of likely N-dealkylation sites (tertiary alicyclic amines) is 1. The van der Waals surface area contributed by atoms with Gasteiger partial charge in [-0.3, -0.25) is 39.4 Å². The summed E-state index contributed by atoms with van der Waals surface area (Å²) in [5.74, 6) is -1.44. The van der Waals surface area contributed by atoms with Crippen LogP contribution in [-0.2, 0) is 41.7 Å². The first-order valence-electron chi connectivity index (χ1n) is 15.2. The smallest absolute Gasteiger partial charge is 0.255 e. The maximum Gasteiger partial charge on any atom is 0.255 e. The summed E-state index contributed by atoms with van der Waals surface area (Å²) in [4.78, 5) is 77.1. The van der Waals surface area contributed by atoms with Gasteiger partial charge in [0.2, 0.25) is 23.6 Å². The molecule has 11 heteroatoms. The van der Waals surface area contributed by atoms with E-state index in [1.54, 1.807) is 15.9 Å². The molecule has 1 aromatic carbocycles. The Morgan fingerprint density at radius 3 is 2.26 bits per heavy atom. The third-order valence-corrected chi connectivity index (χ3v) is 9.28. The topological polar surface area (TPSA) is 142 Å². The van der Waals surface area contributed by atoms with Gasteiger partial charge < -0.3 is 14.5 Å². The van der Waals surface area contributed by atoms with E-state index in [1.165, 1.54) is 0 Å². The molecule has 3 fully saturated rings. The first-order valence-corrected chi connectivity index (χ1v) is 15.2. The van der Waals surface area contributed by atoms with E-state index in [2.05, 4.69) is 16.7 Å².